The number of amides is 2. The predicted octanol–water partition coefficient (Wildman–Crippen LogP) is 4.62. The van der Waals surface area contributed by atoms with Gasteiger partial charge in [0, 0.05) is 29.9 Å². The average molecular weight is 414 g/mol. The number of rotatable bonds is 7. The van der Waals surface area contributed by atoms with Gasteiger partial charge in [0.1, 0.15) is 5.58 Å². The Morgan fingerprint density at radius 2 is 1.87 bits per heavy atom. The van der Waals surface area contributed by atoms with Crippen LogP contribution in [0.2, 0.25) is 0 Å². The van der Waals surface area contributed by atoms with E-state index in [1.165, 1.54) is 0 Å². The van der Waals surface area contributed by atoms with Gasteiger partial charge in [0.15, 0.2) is 5.76 Å². The van der Waals surface area contributed by atoms with Gasteiger partial charge in [-0.05, 0) is 60.9 Å². The van der Waals surface area contributed by atoms with Crippen LogP contribution < -0.4 is 16.4 Å². The number of anilines is 3. The summed E-state index contributed by atoms with van der Waals surface area (Å²) in [6.45, 7) is 0. The van der Waals surface area contributed by atoms with Crippen molar-refractivity contribution in [3.63, 3.8) is 0 Å². The molecule has 0 aliphatic heterocycles. The van der Waals surface area contributed by atoms with Crippen LogP contribution in [-0.4, -0.2) is 16.8 Å². The van der Waals surface area contributed by atoms with Crippen LogP contribution in [0.1, 0.15) is 29.0 Å². The van der Waals surface area contributed by atoms with Crippen molar-refractivity contribution in [2.45, 2.75) is 19.3 Å². The molecule has 2 aromatic heterocycles. The normalized spacial score (nSPS) is 10.7. The molecule has 0 saturated carbocycles. The number of nitrogen functional groups attached to an aromatic ring is 1. The fourth-order valence-corrected chi connectivity index (χ4v) is 3.25. The second-order valence-electron chi connectivity index (χ2n) is 7.17. The highest BCUT2D eigenvalue weighted by Gasteiger charge is 2.14. The number of carbonyl (C=O) groups excluding carboxylic acids is 2. The third-order valence-corrected chi connectivity index (χ3v) is 4.82. The zero-order valence-electron chi connectivity index (χ0n) is 16.8. The smallest absolute Gasteiger partial charge is 0.291 e. The van der Waals surface area contributed by atoms with Crippen molar-refractivity contribution >= 4 is 39.8 Å². The lowest BCUT2D eigenvalue weighted by Gasteiger charge is -2.05. The molecule has 156 valence electrons. The molecule has 31 heavy (non-hydrogen) atoms. The Morgan fingerprint density at radius 1 is 1.00 bits per heavy atom. The van der Waals surface area contributed by atoms with Gasteiger partial charge in [-0.2, -0.15) is 0 Å². The van der Waals surface area contributed by atoms with Gasteiger partial charge in [0.2, 0.25) is 5.91 Å². The molecule has 0 atom stereocenters. The van der Waals surface area contributed by atoms with Crippen molar-refractivity contribution in [2.75, 3.05) is 16.4 Å². The van der Waals surface area contributed by atoms with E-state index in [1.807, 2.05) is 18.3 Å². The number of aromatic nitrogens is 1. The van der Waals surface area contributed by atoms with Crippen molar-refractivity contribution in [3.05, 3.63) is 84.4 Å². The number of para-hydroxylation sites is 2. The summed E-state index contributed by atoms with van der Waals surface area (Å²) in [5, 5.41) is 6.35. The van der Waals surface area contributed by atoms with E-state index in [9.17, 15) is 9.59 Å². The van der Waals surface area contributed by atoms with E-state index in [1.54, 1.807) is 54.7 Å². The molecule has 4 aromatic rings. The second-order valence-corrected chi connectivity index (χ2v) is 7.17. The minimum absolute atomic E-state index is 0.0655. The Morgan fingerprint density at radius 3 is 2.68 bits per heavy atom. The van der Waals surface area contributed by atoms with Gasteiger partial charge >= 0.3 is 0 Å². The van der Waals surface area contributed by atoms with Gasteiger partial charge in [-0.25, -0.2) is 0 Å². The molecule has 2 aromatic carbocycles. The molecule has 0 unspecified atom stereocenters. The lowest BCUT2D eigenvalue weighted by molar-refractivity contribution is -0.116. The maximum Gasteiger partial charge on any atom is 0.291 e. The summed E-state index contributed by atoms with van der Waals surface area (Å²) in [5.41, 5.74) is 9.18. The quantitative estimate of drug-likeness (QED) is 0.382. The molecule has 2 amide bonds. The monoisotopic (exact) mass is 414 g/mol. The Kier molecular flexibility index (Phi) is 5.93. The van der Waals surface area contributed by atoms with Gasteiger partial charge in [0.25, 0.3) is 5.91 Å². The largest absolute Gasteiger partial charge is 0.451 e. The Balaban J connectivity index is 1.37. The summed E-state index contributed by atoms with van der Waals surface area (Å²) in [4.78, 5) is 28.8. The van der Waals surface area contributed by atoms with E-state index in [0.717, 1.165) is 23.8 Å². The molecular weight excluding hydrogens is 392 g/mol. The number of carbonyl (C=O) groups is 2. The lowest BCUT2D eigenvalue weighted by Crippen LogP contribution is -2.12. The third kappa shape index (κ3) is 5.08. The highest BCUT2D eigenvalue weighted by molar-refractivity contribution is 6.06. The predicted molar refractivity (Wildman–Crippen MR) is 121 cm³/mol. The first-order valence-corrected chi connectivity index (χ1v) is 9.97. The third-order valence-electron chi connectivity index (χ3n) is 4.82. The lowest BCUT2D eigenvalue weighted by atomic mass is 10.1. The Bertz CT molecular complexity index is 1220. The number of nitrogens with zero attached hydrogens (tertiary/aromatic N) is 1. The minimum atomic E-state index is -0.393. The Hall–Kier alpha value is -4.13. The highest BCUT2D eigenvalue weighted by atomic mass is 16.3. The molecule has 4 rings (SSSR count). The number of nitrogens with two attached hydrogens (primary N) is 1. The number of nitrogens with one attached hydrogen (secondary N) is 2. The van der Waals surface area contributed by atoms with Gasteiger partial charge in [-0.15, -0.1) is 0 Å². The maximum atomic E-state index is 12.5. The van der Waals surface area contributed by atoms with Crippen LogP contribution in [0.4, 0.5) is 17.1 Å². The number of fused-ring (bicyclic) bond motifs is 1. The molecule has 0 aliphatic rings. The van der Waals surface area contributed by atoms with Crippen LogP contribution in [0, 0.1) is 0 Å². The zero-order chi connectivity index (χ0) is 21.6. The van der Waals surface area contributed by atoms with Crippen LogP contribution in [-0.2, 0) is 11.2 Å². The van der Waals surface area contributed by atoms with Crippen molar-refractivity contribution < 1.29 is 14.0 Å². The minimum Gasteiger partial charge on any atom is -0.451 e. The van der Waals surface area contributed by atoms with Crippen LogP contribution in [0.15, 0.2) is 77.5 Å². The standard InChI is InChI=1S/C24H22N4O3/c25-19-7-1-2-8-20(19)28-24(30)22-14-17-13-18(10-11-21(17)31-22)27-23(29)9-3-5-16-6-4-12-26-15-16/h1-2,4,6-8,10-15H,3,5,9,25H2,(H,27,29)(H,28,30). The fraction of sp³-hybridized carbons (Fsp3) is 0.125. The zero-order valence-corrected chi connectivity index (χ0v) is 16.8. The SMILES string of the molecule is Nc1ccccc1NC(=O)c1cc2cc(NC(=O)CCCc3cccnc3)ccc2o1. The molecule has 0 fully saturated rings. The molecule has 7 nitrogen and oxygen atoms in total. The highest BCUT2D eigenvalue weighted by Crippen LogP contribution is 2.25. The van der Waals surface area contributed by atoms with Crippen LogP contribution in [0.25, 0.3) is 11.0 Å². The molecule has 4 N–H and O–H groups in total. The van der Waals surface area contributed by atoms with E-state index < -0.39 is 5.91 Å². The van der Waals surface area contributed by atoms with Crippen molar-refractivity contribution in [2.24, 2.45) is 0 Å². The van der Waals surface area contributed by atoms with Crippen molar-refractivity contribution in [1.82, 2.24) is 4.98 Å². The van der Waals surface area contributed by atoms with E-state index in [0.29, 0.717) is 29.1 Å². The summed E-state index contributed by atoms with van der Waals surface area (Å²) in [5.74, 6) is -0.294. The average Bonchev–Trinajstić information content (AvgIpc) is 3.20. The van der Waals surface area contributed by atoms with Crippen molar-refractivity contribution in [3.8, 4) is 0 Å². The first kappa shape index (κ1) is 20.2. The van der Waals surface area contributed by atoms with Crippen LogP contribution in [0.3, 0.4) is 0 Å². The Labute approximate surface area is 179 Å². The van der Waals surface area contributed by atoms with Gasteiger partial charge in [0.05, 0.1) is 11.4 Å². The van der Waals surface area contributed by atoms with Gasteiger partial charge in [-0.3, -0.25) is 14.6 Å². The molecule has 7 heteroatoms. The fourth-order valence-electron chi connectivity index (χ4n) is 3.25. The topological polar surface area (TPSA) is 110 Å². The number of hydrogen-bond donors (Lipinski definition) is 3. The summed E-state index contributed by atoms with van der Waals surface area (Å²) < 4.78 is 5.64. The number of aryl methyl sites for hydroxylation is 1. The molecular formula is C24H22N4O3. The second kappa shape index (κ2) is 9.13. The maximum absolute atomic E-state index is 12.5. The molecule has 0 spiro atoms. The van der Waals surface area contributed by atoms with Crippen molar-refractivity contribution in [1.29, 1.82) is 0 Å². The summed E-state index contributed by atoms with van der Waals surface area (Å²) >= 11 is 0. The van der Waals surface area contributed by atoms with E-state index in [4.69, 9.17) is 10.2 Å². The van der Waals surface area contributed by atoms with E-state index in [-0.39, 0.29) is 11.7 Å². The summed E-state index contributed by atoms with van der Waals surface area (Å²) in [6, 6.07) is 17.8. The van der Waals surface area contributed by atoms with E-state index >= 15 is 0 Å². The summed E-state index contributed by atoms with van der Waals surface area (Å²) in [6.07, 6.45) is 5.48. The first-order chi connectivity index (χ1) is 15.1. The first-order valence-electron chi connectivity index (χ1n) is 9.97. The molecule has 2 heterocycles. The van der Waals surface area contributed by atoms with Crippen LogP contribution >= 0.6 is 0 Å². The van der Waals surface area contributed by atoms with Gasteiger partial charge in [-0.1, -0.05) is 18.2 Å². The number of pyridine rings is 1. The van der Waals surface area contributed by atoms with E-state index in [2.05, 4.69) is 15.6 Å². The summed E-state index contributed by atoms with van der Waals surface area (Å²) in [7, 11) is 0. The van der Waals surface area contributed by atoms with Crippen LogP contribution in [0.5, 0.6) is 0 Å². The molecule has 0 bridgehead atoms. The molecule has 0 aliphatic carbocycles. The molecule has 0 radical (unpaired) electrons. The van der Waals surface area contributed by atoms with Gasteiger partial charge < -0.3 is 20.8 Å². The molecule has 0 saturated heterocycles. The number of hydrogen-bond acceptors (Lipinski definition) is 5. The number of benzene rings is 2. The number of furan rings is 1.